The minimum absolute atomic E-state index is 0.565. The highest BCUT2D eigenvalue weighted by Gasteiger charge is 2.62. The highest BCUT2D eigenvalue weighted by Crippen LogP contribution is 2.71. The van der Waals surface area contributed by atoms with Crippen LogP contribution in [0.5, 0.6) is 0 Å². The smallest absolute Gasteiger partial charge is 0.0816 e. The first-order valence-corrected chi connectivity index (χ1v) is 5.13. The number of nitrogens with zero attached hydrogens (tertiary/aromatic N) is 1. The van der Waals surface area contributed by atoms with Crippen molar-refractivity contribution in [2.75, 3.05) is 6.54 Å². The van der Waals surface area contributed by atoms with E-state index < -0.39 is 0 Å². The second-order valence-electron chi connectivity index (χ2n) is 5.06. The quantitative estimate of drug-likeness (QED) is 0.591. The van der Waals surface area contributed by atoms with Gasteiger partial charge in [0, 0.05) is 0 Å². The number of nitroso groups, excluding NO2 is 1. The Hall–Kier alpha value is -0.400. The van der Waals surface area contributed by atoms with Gasteiger partial charge >= 0.3 is 0 Å². The molecule has 4 aliphatic carbocycles. The molecule has 4 aliphatic rings. The Morgan fingerprint density at radius 2 is 1.92 bits per heavy atom. The van der Waals surface area contributed by atoms with Gasteiger partial charge in [-0.05, 0) is 55.3 Å². The van der Waals surface area contributed by atoms with E-state index in [0.717, 1.165) is 24.2 Å². The molecule has 0 spiro atoms. The molecule has 0 aromatic rings. The SMILES string of the molecule is O=NCCC12CC3CC1CC3C2. The summed E-state index contributed by atoms with van der Waals surface area (Å²) >= 11 is 0. The standard InChI is InChI=1S/C10H15NO/c12-11-2-1-10-5-7-3-9(10)4-8(7)6-10/h7-9H,1-6H2. The van der Waals surface area contributed by atoms with Gasteiger partial charge in [-0.15, -0.1) is 0 Å². The molecule has 0 N–H and O–H groups in total. The molecule has 0 aromatic carbocycles. The predicted octanol–water partition coefficient (Wildman–Crippen LogP) is 2.58. The highest BCUT2D eigenvalue weighted by atomic mass is 16.3. The van der Waals surface area contributed by atoms with Gasteiger partial charge in [0.2, 0.25) is 0 Å². The summed E-state index contributed by atoms with van der Waals surface area (Å²) in [5.41, 5.74) is 0.600. The Morgan fingerprint density at radius 1 is 1.25 bits per heavy atom. The molecule has 2 heteroatoms. The van der Waals surface area contributed by atoms with Gasteiger partial charge in [-0.2, -0.15) is 4.91 Å². The molecular weight excluding hydrogens is 150 g/mol. The number of hydrogen-bond acceptors (Lipinski definition) is 2. The molecule has 0 aliphatic heterocycles. The fourth-order valence-electron chi connectivity index (χ4n) is 4.35. The van der Waals surface area contributed by atoms with Gasteiger partial charge in [0.05, 0.1) is 6.54 Å². The number of rotatable bonds is 3. The Balaban J connectivity index is 1.80. The molecule has 12 heavy (non-hydrogen) atoms. The molecule has 66 valence electrons. The van der Waals surface area contributed by atoms with E-state index in [1.807, 2.05) is 0 Å². The summed E-state index contributed by atoms with van der Waals surface area (Å²) in [6.45, 7) is 0.565. The molecule has 0 heterocycles. The molecule has 4 fully saturated rings. The average molecular weight is 165 g/mol. The van der Waals surface area contributed by atoms with Gasteiger partial charge in [0.1, 0.15) is 0 Å². The first kappa shape index (κ1) is 7.05. The van der Waals surface area contributed by atoms with E-state index in [1.165, 1.54) is 25.7 Å². The van der Waals surface area contributed by atoms with Gasteiger partial charge in [-0.1, -0.05) is 5.18 Å². The zero-order valence-corrected chi connectivity index (χ0v) is 7.33. The maximum Gasteiger partial charge on any atom is 0.0816 e. The van der Waals surface area contributed by atoms with Crippen LogP contribution < -0.4 is 0 Å². The molecule has 0 radical (unpaired) electrons. The van der Waals surface area contributed by atoms with Crippen molar-refractivity contribution in [1.82, 2.24) is 0 Å². The molecular formula is C10H15NO. The Labute approximate surface area is 72.7 Å². The van der Waals surface area contributed by atoms with Gasteiger partial charge in [0.25, 0.3) is 0 Å². The third-order valence-electron chi connectivity index (χ3n) is 4.75. The second-order valence-corrected chi connectivity index (χ2v) is 5.06. The van der Waals surface area contributed by atoms with E-state index >= 15 is 0 Å². The maximum atomic E-state index is 10.1. The van der Waals surface area contributed by atoms with Crippen molar-refractivity contribution in [3.8, 4) is 0 Å². The van der Waals surface area contributed by atoms with Crippen LogP contribution in [0.15, 0.2) is 5.18 Å². The van der Waals surface area contributed by atoms with Crippen molar-refractivity contribution in [2.24, 2.45) is 28.3 Å². The minimum atomic E-state index is 0.565. The summed E-state index contributed by atoms with van der Waals surface area (Å²) in [4.78, 5) is 10.1. The highest BCUT2D eigenvalue weighted by molar-refractivity contribution is 5.12. The lowest BCUT2D eigenvalue weighted by atomic mass is 9.78. The lowest BCUT2D eigenvalue weighted by molar-refractivity contribution is 0.229. The molecule has 4 saturated carbocycles. The Morgan fingerprint density at radius 3 is 2.33 bits per heavy atom. The lowest BCUT2D eigenvalue weighted by Gasteiger charge is -2.27. The molecule has 0 amide bonds. The second kappa shape index (κ2) is 2.09. The first-order chi connectivity index (χ1) is 5.84. The van der Waals surface area contributed by atoms with E-state index in [4.69, 9.17) is 0 Å². The predicted molar refractivity (Wildman–Crippen MR) is 46.7 cm³/mol. The Kier molecular flexibility index (Phi) is 1.23. The van der Waals surface area contributed by atoms with Crippen LogP contribution in [0.1, 0.15) is 32.1 Å². The summed E-state index contributed by atoms with van der Waals surface area (Å²) in [5, 5.41) is 3.01. The van der Waals surface area contributed by atoms with Crippen LogP contribution in [-0.4, -0.2) is 6.54 Å². The summed E-state index contributed by atoms with van der Waals surface area (Å²) in [6.07, 6.45) is 6.90. The molecule has 4 bridgehead atoms. The van der Waals surface area contributed by atoms with Gasteiger partial charge in [0.15, 0.2) is 0 Å². The van der Waals surface area contributed by atoms with E-state index in [1.54, 1.807) is 0 Å². The number of hydrogen-bond donors (Lipinski definition) is 0. The molecule has 4 rings (SSSR count). The van der Waals surface area contributed by atoms with Crippen molar-refractivity contribution in [2.45, 2.75) is 32.1 Å². The normalized spacial score (nSPS) is 53.8. The van der Waals surface area contributed by atoms with Crippen LogP contribution in [0.2, 0.25) is 0 Å². The van der Waals surface area contributed by atoms with E-state index in [9.17, 15) is 4.91 Å². The molecule has 2 nitrogen and oxygen atoms in total. The summed E-state index contributed by atoms with van der Waals surface area (Å²) in [5.74, 6) is 3.07. The van der Waals surface area contributed by atoms with Gasteiger partial charge in [-0.25, -0.2) is 0 Å². The van der Waals surface area contributed by atoms with Crippen LogP contribution in [0, 0.1) is 28.1 Å². The zero-order valence-electron chi connectivity index (χ0n) is 7.33. The Bertz CT molecular complexity index is 212. The summed E-state index contributed by atoms with van der Waals surface area (Å²) < 4.78 is 0. The van der Waals surface area contributed by atoms with Gasteiger partial charge in [-0.3, -0.25) is 0 Å². The largest absolute Gasteiger partial charge is 0.151 e. The van der Waals surface area contributed by atoms with E-state index in [0.29, 0.717) is 12.0 Å². The zero-order chi connectivity index (χ0) is 8.18. The van der Waals surface area contributed by atoms with Gasteiger partial charge < -0.3 is 0 Å². The average Bonchev–Trinajstić information content (AvgIpc) is 2.70. The van der Waals surface area contributed by atoms with Crippen molar-refractivity contribution in [3.05, 3.63) is 4.91 Å². The third-order valence-corrected chi connectivity index (χ3v) is 4.75. The molecule has 0 aromatic heterocycles. The maximum absolute atomic E-state index is 10.1. The van der Waals surface area contributed by atoms with E-state index in [-0.39, 0.29) is 0 Å². The minimum Gasteiger partial charge on any atom is -0.151 e. The summed E-state index contributed by atoms with van der Waals surface area (Å²) in [6, 6.07) is 0. The van der Waals surface area contributed by atoms with E-state index in [2.05, 4.69) is 5.18 Å². The topological polar surface area (TPSA) is 29.4 Å². The van der Waals surface area contributed by atoms with Crippen LogP contribution in [0.4, 0.5) is 0 Å². The fraction of sp³-hybridized carbons (Fsp3) is 1.00. The molecule has 0 saturated heterocycles. The van der Waals surface area contributed by atoms with Crippen LogP contribution >= 0.6 is 0 Å². The monoisotopic (exact) mass is 165 g/mol. The van der Waals surface area contributed by atoms with Crippen molar-refractivity contribution >= 4 is 0 Å². The fourth-order valence-corrected chi connectivity index (χ4v) is 4.35. The van der Waals surface area contributed by atoms with Crippen LogP contribution in [0.3, 0.4) is 0 Å². The van der Waals surface area contributed by atoms with Crippen molar-refractivity contribution in [1.29, 1.82) is 0 Å². The molecule has 2 atom stereocenters. The molecule has 2 unspecified atom stereocenters. The van der Waals surface area contributed by atoms with Crippen molar-refractivity contribution in [3.63, 3.8) is 0 Å². The lowest BCUT2D eigenvalue weighted by Crippen LogP contribution is -2.20. The van der Waals surface area contributed by atoms with Crippen LogP contribution in [-0.2, 0) is 0 Å². The third kappa shape index (κ3) is 0.668. The van der Waals surface area contributed by atoms with Crippen LogP contribution in [0.25, 0.3) is 0 Å². The summed E-state index contributed by atoms with van der Waals surface area (Å²) in [7, 11) is 0. The van der Waals surface area contributed by atoms with Crippen molar-refractivity contribution < 1.29 is 0 Å². The first-order valence-electron chi connectivity index (χ1n) is 5.13.